The monoisotopic (exact) mass is 606 g/mol. The van der Waals surface area contributed by atoms with Crippen LogP contribution in [0.3, 0.4) is 0 Å². The molecule has 5 rings (SSSR count). The van der Waals surface area contributed by atoms with E-state index in [-0.39, 0.29) is 35.4 Å². The van der Waals surface area contributed by atoms with Crippen LogP contribution in [0, 0.1) is 23.2 Å². The summed E-state index contributed by atoms with van der Waals surface area (Å²) in [6.07, 6.45) is 1.38. The highest BCUT2D eigenvalue weighted by Gasteiger charge is 2.60. The second-order valence-corrected chi connectivity index (χ2v) is 13.0. The number of benzene rings is 1. The quantitative estimate of drug-likeness (QED) is 0.411. The molecule has 3 heterocycles. The van der Waals surface area contributed by atoms with Gasteiger partial charge in [0.2, 0.25) is 5.91 Å². The van der Waals surface area contributed by atoms with Gasteiger partial charge in [0.05, 0.1) is 12.5 Å². The van der Waals surface area contributed by atoms with Crippen molar-refractivity contribution in [2.45, 2.75) is 46.6 Å². The number of hydrogen-bond acceptors (Lipinski definition) is 8. The highest BCUT2D eigenvalue weighted by Crippen LogP contribution is 2.52. The lowest BCUT2D eigenvalue weighted by Crippen LogP contribution is -2.59. The van der Waals surface area contributed by atoms with E-state index in [2.05, 4.69) is 10.3 Å². The first kappa shape index (κ1) is 31.2. The number of carboxylic acid groups (broad SMARTS) is 1. The minimum absolute atomic E-state index is 0.0708. The molecular formula is C32H42N6O6. The number of aliphatic carboxylic acids is 1. The summed E-state index contributed by atoms with van der Waals surface area (Å²) < 4.78 is 5.32. The molecule has 1 aromatic heterocycles. The maximum Gasteiger partial charge on any atom is 0.409 e. The van der Waals surface area contributed by atoms with Crippen molar-refractivity contribution in [3.63, 3.8) is 0 Å². The summed E-state index contributed by atoms with van der Waals surface area (Å²) in [6.45, 7) is 10.6. The molecule has 0 spiro atoms. The number of carbonyl (C=O) groups is 4. The molecule has 44 heavy (non-hydrogen) atoms. The average molecular weight is 607 g/mol. The van der Waals surface area contributed by atoms with Crippen LogP contribution in [0.1, 0.15) is 51.0 Å². The third-order valence-corrected chi connectivity index (χ3v) is 8.74. The van der Waals surface area contributed by atoms with Crippen molar-refractivity contribution in [1.29, 1.82) is 0 Å². The van der Waals surface area contributed by atoms with Gasteiger partial charge in [-0.2, -0.15) is 0 Å². The molecule has 1 saturated carbocycles. The van der Waals surface area contributed by atoms with Crippen molar-refractivity contribution >= 4 is 29.7 Å². The van der Waals surface area contributed by atoms with Crippen LogP contribution < -0.4 is 10.2 Å². The lowest BCUT2D eigenvalue weighted by molar-refractivity contribution is -0.139. The van der Waals surface area contributed by atoms with E-state index >= 15 is 0 Å². The van der Waals surface area contributed by atoms with E-state index in [9.17, 15) is 24.3 Å². The Balaban J connectivity index is 1.31. The number of piperazine rings is 1. The highest BCUT2D eigenvalue weighted by atomic mass is 16.6. The molecular weight excluding hydrogens is 564 g/mol. The van der Waals surface area contributed by atoms with Gasteiger partial charge in [0, 0.05) is 50.9 Å². The minimum Gasteiger partial charge on any atom is -0.481 e. The van der Waals surface area contributed by atoms with Gasteiger partial charge in [0.25, 0.3) is 5.91 Å². The summed E-state index contributed by atoms with van der Waals surface area (Å²) in [5.41, 5.74) is 0.264. The zero-order valence-electron chi connectivity index (χ0n) is 25.9. The predicted molar refractivity (Wildman–Crippen MR) is 163 cm³/mol. The van der Waals surface area contributed by atoms with Crippen LogP contribution in [-0.4, -0.2) is 101 Å². The van der Waals surface area contributed by atoms with Gasteiger partial charge in [-0.1, -0.05) is 64.4 Å². The number of anilines is 1. The van der Waals surface area contributed by atoms with Crippen molar-refractivity contribution in [1.82, 2.24) is 25.1 Å². The van der Waals surface area contributed by atoms with E-state index in [1.807, 2.05) is 62.9 Å². The second kappa shape index (κ2) is 12.8. The first-order valence-corrected chi connectivity index (χ1v) is 15.4. The van der Waals surface area contributed by atoms with Crippen LogP contribution in [-0.2, 0) is 14.3 Å². The van der Waals surface area contributed by atoms with Crippen molar-refractivity contribution in [2.24, 2.45) is 23.2 Å². The van der Waals surface area contributed by atoms with Gasteiger partial charge in [-0.3, -0.25) is 14.4 Å². The van der Waals surface area contributed by atoms with Gasteiger partial charge < -0.3 is 29.9 Å². The number of carbonyl (C=O) groups excluding carboxylic acids is 3. The van der Waals surface area contributed by atoms with E-state index in [4.69, 9.17) is 9.72 Å². The number of aromatic nitrogens is 2. The molecule has 3 amide bonds. The molecule has 2 aromatic rings. The summed E-state index contributed by atoms with van der Waals surface area (Å²) >= 11 is 0. The fraction of sp³-hybridized carbons (Fsp3) is 0.562. The summed E-state index contributed by atoms with van der Waals surface area (Å²) in [5, 5.41) is 12.4. The Morgan fingerprint density at radius 2 is 1.64 bits per heavy atom. The Hall–Kier alpha value is -4.22. The van der Waals surface area contributed by atoms with Crippen LogP contribution in [0.15, 0.2) is 36.4 Å². The molecule has 0 bridgehead atoms. The maximum atomic E-state index is 13.8. The maximum absolute atomic E-state index is 13.8. The lowest BCUT2D eigenvalue weighted by Gasteiger charge is -2.39. The van der Waals surface area contributed by atoms with Crippen molar-refractivity contribution in [2.75, 3.05) is 50.8 Å². The fourth-order valence-corrected chi connectivity index (χ4v) is 6.05. The van der Waals surface area contributed by atoms with Crippen LogP contribution in [0.4, 0.5) is 10.6 Å². The Morgan fingerprint density at radius 1 is 1.00 bits per heavy atom. The summed E-state index contributed by atoms with van der Waals surface area (Å²) in [5.74, 6) is -0.727. The number of nitrogens with zero attached hydrogens (tertiary/aromatic N) is 5. The molecule has 2 unspecified atom stereocenters. The second-order valence-electron chi connectivity index (χ2n) is 13.0. The number of fused-ring (bicyclic) bond motifs is 1. The molecule has 1 aromatic carbocycles. The van der Waals surface area contributed by atoms with Gasteiger partial charge in [0.15, 0.2) is 5.82 Å². The zero-order valence-corrected chi connectivity index (χ0v) is 25.9. The standard InChI is InChI=1S/C32H42N6O6/c1-5-6-16-44-31(43)37-14-12-36(13-15-37)29(40)26(32(2,3)4)35-28(39)23-17-24(34-27(33-23)20-10-8-7-9-11-20)38-18-21-22(19-38)25(21)30(41)42/h7-11,17,21-22,25-26H,5-6,12-16,18-19H2,1-4H3,(H,35,39)(H,41,42)/t21?,22?,25?,26-/m1/s1. The number of carboxylic acids is 1. The molecule has 2 saturated heterocycles. The normalized spacial score (nSPS) is 21.8. The number of ether oxygens (including phenoxy) is 1. The Kier molecular flexibility index (Phi) is 9.07. The SMILES string of the molecule is CCCCOC(=O)N1CCN(C(=O)[C@@H](NC(=O)c2cc(N3CC4C(C3)C4C(=O)O)nc(-c3ccccc3)n2)C(C)(C)C)CC1. The van der Waals surface area contributed by atoms with Crippen LogP contribution in [0.5, 0.6) is 0 Å². The van der Waals surface area contributed by atoms with E-state index in [1.165, 1.54) is 0 Å². The number of hydrogen-bond donors (Lipinski definition) is 2. The van der Waals surface area contributed by atoms with Gasteiger partial charge in [-0.05, 0) is 23.7 Å². The lowest BCUT2D eigenvalue weighted by atomic mass is 9.85. The molecule has 2 N–H and O–H groups in total. The van der Waals surface area contributed by atoms with Gasteiger partial charge >= 0.3 is 12.1 Å². The molecule has 12 nitrogen and oxygen atoms in total. The summed E-state index contributed by atoms with van der Waals surface area (Å²) in [6, 6.07) is 10.1. The number of unbranched alkanes of at least 4 members (excludes halogenated alkanes) is 1. The van der Waals surface area contributed by atoms with Gasteiger partial charge in [0.1, 0.15) is 17.6 Å². The molecule has 0 radical (unpaired) electrons. The number of rotatable bonds is 9. The summed E-state index contributed by atoms with van der Waals surface area (Å²) in [7, 11) is 0. The topological polar surface area (TPSA) is 145 Å². The molecule has 3 aliphatic rings. The molecule has 1 aliphatic carbocycles. The Bertz CT molecular complexity index is 1380. The number of piperidine rings is 1. The van der Waals surface area contributed by atoms with E-state index < -0.39 is 23.3 Å². The third-order valence-electron chi connectivity index (χ3n) is 8.74. The Morgan fingerprint density at radius 3 is 2.23 bits per heavy atom. The Labute approximate surface area is 257 Å². The van der Waals surface area contributed by atoms with E-state index in [0.29, 0.717) is 57.5 Å². The number of nitrogens with one attached hydrogen (secondary N) is 1. The summed E-state index contributed by atoms with van der Waals surface area (Å²) in [4.78, 5) is 66.1. The highest BCUT2D eigenvalue weighted by molar-refractivity contribution is 5.97. The molecule has 3 atom stereocenters. The van der Waals surface area contributed by atoms with Crippen LogP contribution in [0.25, 0.3) is 11.4 Å². The first-order valence-electron chi connectivity index (χ1n) is 15.4. The largest absolute Gasteiger partial charge is 0.481 e. The van der Waals surface area contributed by atoms with Gasteiger partial charge in [-0.15, -0.1) is 0 Å². The average Bonchev–Trinajstić information content (AvgIpc) is 3.53. The zero-order chi connectivity index (χ0) is 31.6. The number of amides is 3. The van der Waals surface area contributed by atoms with Crippen LogP contribution in [0.2, 0.25) is 0 Å². The molecule has 3 fully saturated rings. The predicted octanol–water partition coefficient (Wildman–Crippen LogP) is 3.14. The molecule has 2 aliphatic heterocycles. The molecule has 236 valence electrons. The van der Waals surface area contributed by atoms with Crippen molar-refractivity contribution < 1.29 is 29.0 Å². The first-order chi connectivity index (χ1) is 21.0. The van der Waals surface area contributed by atoms with Crippen molar-refractivity contribution in [3.05, 3.63) is 42.1 Å². The van der Waals surface area contributed by atoms with Crippen LogP contribution >= 0.6 is 0 Å². The molecule has 12 heteroatoms. The third kappa shape index (κ3) is 6.79. The minimum atomic E-state index is -0.840. The smallest absolute Gasteiger partial charge is 0.409 e. The van der Waals surface area contributed by atoms with Gasteiger partial charge in [-0.25, -0.2) is 14.8 Å². The van der Waals surface area contributed by atoms with E-state index in [1.54, 1.807) is 15.9 Å². The van der Waals surface area contributed by atoms with E-state index in [0.717, 1.165) is 18.4 Å². The fourth-order valence-electron chi connectivity index (χ4n) is 6.05. The van der Waals surface area contributed by atoms with Crippen molar-refractivity contribution in [3.8, 4) is 11.4 Å².